The van der Waals surface area contributed by atoms with Gasteiger partial charge in [0.25, 0.3) is 0 Å². The maximum absolute atomic E-state index is 5.54. The maximum Gasteiger partial charge on any atom is 0.0553 e. The Hall–Kier alpha value is -0.380. The van der Waals surface area contributed by atoms with Crippen LogP contribution in [0.3, 0.4) is 0 Å². The fourth-order valence-corrected chi connectivity index (χ4v) is 2.35. The summed E-state index contributed by atoms with van der Waals surface area (Å²) in [6, 6.07) is 4.56. The minimum absolute atomic E-state index is 0.341. The van der Waals surface area contributed by atoms with Crippen LogP contribution in [0.15, 0.2) is 17.5 Å². The standard InChI is InChI=1S/C11H20N2S/c1-9(2)5-3-6-10(13-12)11-7-4-8-14-11/h4,7-10,13H,3,5-6,12H2,1-2H3. The van der Waals surface area contributed by atoms with Gasteiger partial charge in [0, 0.05) is 4.88 Å². The largest absolute Gasteiger partial charge is 0.271 e. The first-order chi connectivity index (χ1) is 6.74. The molecule has 0 aromatic carbocycles. The first-order valence-electron chi connectivity index (χ1n) is 5.23. The van der Waals surface area contributed by atoms with Gasteiger partial charge in [0.1, 0.15) is 0 Å². The van der Waals surface area contributed by atoms with Gasteiger partial charge >= 0.3 is 0 Å². The van der Waals surface area contributed by atoms with Crippen molar-refractivity contribution in [3.05, 3.63) is 22.4 Å². The molecule has 0 spiro atoms. The van der Waals surface area contributed by atoms with E-state index in [0.717, 1.165) is 12.3 Å². The Morgan fingerprint density at radius 3 is 2.71 bits per heavy atom. The molecular weight excluding hydrogens is 192 g/mol. The third kappa shape index (κ3) is 3.78. The molecule has 1 aromatic heterocycles. The molecule has 0 radical (unpaired) electrons. The molecule has 2 nitrogen and oxygen atoms in total. The van der Waals surface area contributed by atoms with Gasteiger partial charge in [-0.1, -0.05) is 32.8 Å². The lowest BCUT2D eigenvalue weighted by Crippen LogP contribution is -2.27. The van der Waals surface area contributed by atoms with Gasteiger partial charge in [-0.25, -0.2) is 0 Å². The third-order valence-electron chi connectivity index (χ3n) is 2.36. The fourth-order valence-electron chi connectivity index (χ4n) is 1.53. The van der Waals surface area contributed by atoms with Crippen molar-refractivity contribution in [3.63, 3.8) is 0 Å². The summed E-state index contributed by atoms with van der Waals surface area (Å²) in [6.45, 7) is 4.52. The SMILES string of the molecule is CC(C)CCCC(NN)c1cccs1. The Labute approximate surface area is 90.5 Å². The summed E-state index contributed by atoms with van der Waals surface area (Å²) in [5.74, 6) is 6.33. The quantitative estimate of drug-likeness (QED) is 0.562. The molecule has 1 heterocycles. The van der Waals surface area contributed by atoms with Crippen LogP contribution < -0.4 is 11.3 Å². The molecule has 1 unspecified atom stereocenters. The Kier molecular flexibility index (Phi) is 5.15. The summed E-state index contributed by atoms with van der Waals surface area (Å²) in [6.07, 6.45) is 3.66. The van der Waals surface area contributed by atoms with Crippen molar-refractivity contribution >= 4 is 11.3 Å². The molecule has 80 valence electrons. The zero-order valence-corrected chi connectivity index (χ0v) is 9.81. The Morgan fingerprint density at radius 1 is 1.43 bits per heavy atom. The van der Waals surface area contributed by atoms with E-state index in [9.17, 15) is 0 Å². The molecule has 1 rings (SSSR count). The van der Waals surface area contributed by atoms with Crippen molar-refractivity contribution in [2.24, 2.45) is 11.8 Å². The van der Waals surface area contributed by atoms with Crippen LogP contribution in [0.2, 0.25) is 0 Å². The van der Waals surface area contributed by atoms with Crippen LogP contribution in [0.5, 0.6) is 0 Å². The Balaban J connectivity index is 2.33. The van der Waals surface area contributed by atoms with Crippen LogP contribution in [0, 0.1) is 5.92 Å². The fraction of sp³-hybridized carbons (Fsp3) is 0.636. The molecule has 0 aliphatic carbocycles. The number of rotatable bonds is 6. The summed E-state index contributed by atoms with van der Waals surface area (Å²) in [5.41, 5.74) is 2.89. The third-order valence-corrected chi connectivity index (χ3v) is 3.35. The molecule has 3 heteroatoms. The second-order valence-corrected chi connectivity index (χ2v) is 5.04. The van der Waals surface area contributed by atoms with Gasteiger partial charge in [0.15, 0.2) is 0 Å². The molecule has 1 aromatic rings. The predicted molar refractivity (Wildman–Crippen MR) is 63.1 cm³/mol. The van der Waals surface area contributed by atoms with Crippen LogP contribution in [0.25, 0.3) is 0 Å². The van der Waals surface area contributed by atoms with Gasteiger partial charge in [-0.15, -0.1) is 11.3 Å². The van der Waals surface area contributed by atoms with Crippen molar-refractivity contribution in [3.8, 4) is 0 Å². The van der Waals surface area contributed by atoms with Crippen molar-refractivity contribution < 1.29 is 0 Å². The van der Waals surface area contributed by atoms with Gasteiger partial charge < -0.3 is 0 Å². The number of nitrogens with two attached hydrogens (primary N) is 1. The highest BCUT2D eigenvalue weighted by atomic mass is 32.1. The highest BCUT2D eigenvalue weighted by Gasteiger charge is 2.09. The smallest absolute Gasteiger partial charge is 0.0553 e. The van der Waals surface area contributed by atoms with E-state index in [4.69, 9.17) is 5.84 Å². The molecule has 0 fully saturated rings. The molecule has 0 aliphatic heterocycles. The highest BCUT2D eigenvalue weighted by molar-refractivity contribution is 7.10. The van der Waals surface area contributed by atoms with Crippen LogP contribution >= 0.6 is 11.3 Å². The topological polar surface area (TPSA) is 38.0 Å². The lowest BCUT2D eigenvalue weighted by atomic mass is 10.0. The van der Waals surface area contributed by atoms with Gasteiger partial charge in [0.05, 0.1) is 6.04 Å². The second-order valence-electron chi connectivity index (χ2n) is 4.06. The van der Waals surface area contributed by atoms with Crippen molar-refractivity contribution in [1.29, 1.82) is 0 Å². The van der Waals surface area contributed by atoms with Crippen molar-refractivity contribution in [1.82, 2.24) is 5.43 Å². The molecular formula is C11H20N2S. The zero-order valence-electron chi connectivity index (χ0n) is 8.99. The minimum atomic E-state index is 0.341. The summed E-state index contributed by atoms with van der Waals surface area (Å²) < 4.78 is 0. The lowest BCUT2D eigenvalue weighted by Gasteiger charge is -2.14. The second kappa shape index (κ2) is 6.17. The predicted octanol–water partition coefficient (Wildman–Crippen LogP) is 3.08. The summed E-state index contributed by atoms with van der Waals surface area (Å²) in [4.78, 5) is 1.34. The van der Waals surface area contributed by atoms with E-state index in [1.807, 2.05) is 0 Å². The summed E-state index contributed by atoms with van der Waals surface area (Å²) in [5, 5.41) is 2.10. The number of nitrogens with one attached hydrogen (secondary N) is 1. The first-order valence-corrected chi connectivity index (χ1v) is 6.11. The summed E-state index contributed by atoms with van der Waals surface area (Å²) >= 11 is 1.77. The number of thiophene rings is 1. The average molecular weight is 212 g/mol. The Bertz CT molecular complexity index is 231. The van der Waals surface area contributed by atoms with E-state index in [0.29, 0.717) is 6.04 Å². The molecule has 0 bridgehead atoms. The van der Waals surface area contributed by atoms with E-state index in [2.05, 4.69) is 36.8 Å². The molecule has 1 atom stereocenters. The normalized spacial score (nSPS) is 13.4. The number of hydrogen-bond acceptors (Lipinski definition) is 3. The van der Waals surface area contributed by atoms with E-state index in [1.54, 1.807) is 11.3 Å². The number of hydrazine groups is 1. The average Bonchev–Trinajstić information content (AvgIpc) is 2.64. The molecule has 0 aliphatic rings. The minimum Gasteiger partial charge on any atom is -0.271 e. The van der Waals surface area contributed by atoms with Gasteiger partial charge in [-0.3, -0.25) is 11.3 Å². The number of hydrogen-bond donors (Lipinski definition) is 2. The van der Waals surface area contributed by atoms with E-state index in [-0.39, 0.29) is 0 Å². The Morgan fingerprint density at radius 2 is 2.21 bits per heavy atom. The summed E-state index contributed by atoms with van der Waals surface area (Å²) in [7, 11) is 0. The lowest BCUT2D eigenvalue weighted by molar-refractivity contribution is 0.459. The molecule has 3 N–H and O–H groups in total. The van der Waals surface area contributed by atoms with Gasteiger partial charge in [0.2, 0.25) is 0 Å². The van der Waals surface area contributed by atoms with Crippen LogP contribution in [-0.2, 0) is 0 Å². The van der Waals surface area contributed by atoms with Crippen molar-refractivity contribution in [2.75, 3.05) is 0 Å². The van der Waals surface area contributed by atoms with Crippen LogP contribution in [-0.4, -0.2) is 0 Å². The van der Waals surface area contributed by atoms with Gasteiger partial charge in [-0.05, 0) is 23.8 Å². The zero-order chi connectivity index (χ0) is 10.4. The van der Waals surface area contributed by atoms with E-state index >= 15 is 0 Å². The van der Waals surface area contributed by atoms with Crippen molar-refractivity contribution in [2.45, 2.75) is 39.2 Å². The maximum atomic E-state index is 5.54. The van der Waals surface area contributed by atoms with E-state index < -0.39 is 0 Å². The van der Waals surface area contributed by atoms with E-state index in [1.165, 1.54) is 17.7 Å². The van der Waals surface area contributed by atoms with Crippen LogP contribution in [0.4, 0.5) is 0 Å². The highest BCUT2D eigenvalue weighted by Crippen LogP contribution is 2.23. The molecule has 0 saturated heterocycles. The van der Waals surface area contributed by atoms with Crippen LogP contribution in [0.1, 0.15) is 44.0 Å². The molecule has 0 saturated carbocycles. The van der Waals surface area contributed by atoms with Gasteiger partial charge in [-0.2, -0.15) is 0 Å². The monoisotopic (exact) mass is 212 g/mol. The molecule has 14 heavy (non-hydrogen) atoms. The first kappa shape index (κ1) is 11.7. The molecule has 0 amide bonds.